The molecule has 0 spiro atoms. The Morgan fingerprint density at radius 2 is 1.49 bits per heavy atom. The molecule has 3 heteroatoms. The van der Waals surface area contributed by atoms with Crippen molar-refractivity contribution in [2.24, 2.45) is 11.8 Å². The molecule has 0 saturated heterocycles. The van der Waals surface area contributed by atoms with E-state index in [0.717, 1.165) is 23.5 Å². The summed E-state index contributed by atoms with van der Waals surface area (Å²) in [4.78, 5) is 2.51. The molecule has 0 aliphatic heterocycles. The Bertz CT molecular complexity index is 1200. The largest absolute Gasteiger partial charge is 0.508 e. The zero-order valence-electron chi connectivity index (χ0n) is 20.9. The van der Waals surface area contributed by atoms with E-state index in [2.05, 4.69) is 82.3 Å². The lowest BCUT2D eigenvalue weighted by molar-refractivity contribution is 0.474. The molecule has 3 aromatic carbocycles. The number of rotatable bonds is 8. The number of hydrogen-bond acceptors (Lipinski definition) is 3. The van der Waals surface area contributed by atoms with Gasteiger partial charge < -0.3 is 9.84 Å². The molecule has 0 radical (unpaired) electrons. The predicted octanol–water partition coefficient (Wildman–Crippen LogP) is 9.27. The van der Waals surface area contributed by atoms with Gasteiger partial charge in [0.25, 0.3) is 0 Å². The summed E-state index contributed by atoms with van der Waals surface area (Å²) in [5.74, 6) is 3.09. The molecule has 1 aliphatic rings. The summed E-state index contributed by atoms with van der Waals surface area (Å²) >= 11 is 1.80. The molecule has 0 heterocycles. The number of phenolic OH excluding ortho intramolecular Hbond substituents is 1. The summed E-state index contributed by atoms with van der Waals surface area (Å²) in [6, 6.07) is 24.0. The van der Waals surface area contributed by atoms with Gasteiger partial charge in [-0.3, -0.25) is 0 Å². The molecule has 1 aliphatic carbocycles. The molecule has 4 rings (SSSR count). The first kappa shape index (κ1) is 24.9. The number of ether oxygens (including phenoxy) is 1. The van der Waals surface area contributed by atoms with Gasteiger partial charge in [0.1, 0.15) is 17.2 Å². The maximum atomic E-state index is 9.59. The van der Waals surface area contributed by atoms with Crippen LogP contribution in [0.4, 0.5) is 0 Å². The van der Waals surface area contributed by atoms with Gasteiger partial charge in [-0.25, -0.2) is 0 Å². The first-order chi connectivity index (χ1) is 16.8. The Balaban J connectivity index is 1.35. The van der Waals surface area contributed by atoms with Crippen molar-refractivity contribution in [2.75, 3.05) is 0 Å². The van der Waals surface area contributed by atoms with Crippen molar-refractivity contribution in [2.45, 2.75) is 44.4 Å². The second-order valence-corrected chi connectivity index (χ2v) is 10.8. The third-order valence-corrected chi connectivity index (χ3v) is 7.78. The molecule has 180 valence electrons. The minimum atomic E-state index is -0.169. The average molecular weight is 483 g/mol. The fourth-order valence-corrected chi connectivity index (χ4v) is 5.23. The molecule has 2 nitrogen and oxygen atoms in total. The molecule has 3 aromatic rings. The van der Waals surface area contributed by atoms with Crippen molar-refractivity contribution in [3.63, 3.8) is 0 Å². The molecule has 2 unspecified atom stereocenters. The van der Waals surface area contributed by atoms with Crippen molar-refractivity contribution >= 4 is 11.8 Å². The zero-order chi connectivity index (χ0) is 24.8. The van der Waals surface area contributed by atoms with Crippen molar-refractivity contribution in [1.82, 2.24) is 0 Å². The Hall–Kier alpha value is -3.17. The number of benzene rings is 3. The third kappa shape index (κ3) is 6.29. The number of hydrogen-bond donors (Lipinski definition) is 1. The highest BCUT2D eigenvalue weighted by atomic mass is 32.2. The van der Waals surface area contributed by atoms with Crippen LogP contribution in [0.25, 0.3) is 0 Å². The monoisotopic (exact) mass is 482 g/mol. The van der Waals surface area contributed by atoms with Gasteiger partial charge in [-0.1, -0.05) is 87.2 Å². The van der Waals surface area contributed by atoms with Gasteiger partial charge in [0.05, 0.1) is 0 Å². The molecule has 0 amide bonds. The highest BCUT2D eigenvalue weighted by Gasteiger charge is 2.23. The first-order valence-corrected chi connectivity index (χ1v) is 13.0. The van der Waals surface area contributed by atoms with E-state index >= 15 is 0 Å². The van der Waals surface area contributed by atoms with Crippen LogP contribution in [-0.4, -0.2) is 5.11 Å². The molecule has 2 atom stereocenters. The minimum Gasteiger partial charge on any atom is -0.508 e. The minimum absolute atomic E-state index is 0.169. The van der Waals surface area contributed by atoms with Gasteiger partial charge in [-0.15, -0.1) is 0 Å². The molecule has 0 fully saturated rings. The first-order valence-electron chi connectivity index (χ1n) is 12.2. The highest BCUT2D eigenvalue weighted by Crippen LogP contribution is 2.36. The molecule has 0 aromatic heterocycles. The van der Waals surface area contributed by atoms with Gasteiger partial charge in [0, 0.05) is 15.2 Å². The second-order valence-electron chi connectivity index (χ2n) is 9.62. The van der Waals surface area contributed by atoms with E-state index in [4.69, 9.17) is 4.74 Å². The lowest BCUT2D eigenvalue weighted by Gasteiger charge is -2.26. The third-order valence-electron chi connectivity index (χ3n) is 6.73. The van der Waals surface area contributed by atoms with Crippen LogP contribution in [0, 0.1) is 11.8 Å². The normalized spacial score (nSPS) is 16.8. The fourth-order valence-electron chi connectivity index (χ4n) is 4.36. The van der Waals surface area contributed by atoms with Crippen molar-refractivity contribution < 1.29 is 9.84 Å². The summed E-state index contributed by atoms with van der Waals surface area (Å²) in [7, 11) is 0. The number of phenols is 1. The molecule has 0 bridgehead atoms. The predicted molar refractivity (Wildman–Crippen MR) is 148 cm³/mol. The van der Waals surface area contributed by atoms with Gasteiger partial charge in [0.15, 0.2) is 0 Å². The van der Waals surface area contributed by atoms with E-state index in [9.17, 15) is 5.11 Å². The van der Waals surface area contributed by atoms with Crippen molar-refractivity contribution in [3.8, 4) is 17.2 Å². The summed E-state index contributed by atoms with van der Waals surface area (Å²) in [5.41, 5.74) is 2.18. The lowest BCUT2D eigenvalue weighted by Crippen LogP contribution is -2.18. The number of thioether (sulfide) groups is 1. The van der Waals surface area contributed by atoms with Crippen molar-refractivity contribution in [3.05, 3.63) is 119 Å². The zero-order valence-corrected chi connectivity index (χ0v) is 21.8. The molecular weight excluding hydrogens is 448 g/mol. The van der Waals surface area contributed by atoms with E-state index in [1.165, 1.54) is 15.4 Å². The van der Waals surface area contributed by atoms with E-state index in [0.29, 0.717) is 11.8 Å². The smallest absolute Gasteiger partial charge is 0.127 e. The Kier molecular flexibility index (Phi) is 7.87. The molecule has 0 saturated carbocycles. The van der Waals surface area contributed by atoms with Gasteiger partial charge in [-0.2, -0.15) is 0 Å². The molecule has 1 N–H and O–H groups in total. The van der Waals surface area contributed by atoms with Crippen LogP contribution < -0.4 is 4.74 Å². The lowest BCUT2D eigenvalue weighted by atomic mass is 9.78. The highest BCUT2D eigenvalue weighted by molar-refractivity contribution is 8.03. The Labute approximate surface area is 214 Å². The fraction of sp³-hybridized carbons (Fsp3) is 0.250. The van der Waals surface area contributed by atoms with Crippen LogP contribution in [0.2, 0.25) is 0 Å². The van der Waals surface area contributed by atoms with Gasteiger partial charge >= 0.3 is 0 Å². The number of aromatic hydroxyl groups is 1. The van der Waals surface area contributed by atoms with Crippen LogP contribution in [0.5, 0.6) is 17.2 Å². The van der Waals surface area contributed by atoms with Crippen LogP contribution in [0.15, 0.2) is 113 Å². The van der Waals surface area contributed by atoms with E-state index in [1.807, 2.05) is 36.4 Å². The van der Waals surface area contributed by atoms with Crippen LogP contribution in [0.1, 0.15) is 45.2 Å². The average Bonchev–Trinajstić information content (AvgIpc) is 2.86. The molecular formula is C32H34O2S. The van der Waals surface area contributed by atoms with Gasteiger partial charge in [0.2, 0.25) is 0 Å². The second kappa shape index (κ2) is 11.0. The summed E-state index contributed by atoms with van der Waals surface area (Å²) in [6.07, 6.45) is 12.5. The van der Waals surface area contributed by atoms with E-state index in [1.54, 1.807) is 23.9 Å². The quantitative estimate of drug-likeness (QED) is 0.324. The van der Waals surface area contributed by atoms with E-state index < -0.39 is 0 Å². The van der Waals surface area contributed by atoms with E-state index in [-0.39, 0.29) is 11.2 Å². The topological polar surface area (TPSA) is 29.5 Å². The van der Waals surface area contributed by atoms with Gasteiger partial charge in [-0.05, 0) is 84.8 Å². The summed E-state index contributed by atoms with van der Waals surface area (Å²) in [5, 5.41) is 9.59. The standard InChI is InChI=1S/C32H34O2S/c1-5-6-23(2)24-7-19-30(20-8-24)35-31-21-17-29(18-22-31)34-28-15-11-26(12-16-28)32(3,4)25-9-13-27(33)14-10-25/h5-7,9-24,33H,8H2,1-4H3. The van der Waals surface area contributed by atoms with Crippen LogP contribution >= 0.6 is 11.8 Å². The maximum Gasteiger partial charge on any atom is 0.127 e. The van der Waals surface area contributed by atoms with Crippen molar-refractivity contribution in [1.29, 1.82) is 0 Å². The Morgan fingerprint density at radius 3 is 2.03 bits per heavy atom. The number of allylic oxidation sites excluding steroid dienone is 5. The Morgan fingerprint density at radius 1 is 0.914 bits per heavy atom. The summed E-state index contributed by atoms with van der Waals surface area (Å²) in [6.45, 7) is 8.74. The summed E-state index contributed by atoms with van der Waals surface area (Å²) < 4.78 is 6.10. The maximum absolute atomic E-state index is 9.59. The molecule has 35 heavy (non-hydrogen) atoms. The SMILES string of the molecule is CC=CC(C)C1C=CC(Sc2ccc(Oc3ccc(C(C)(C)c4ccc(O)cc4)cc3)cc2)=CC1. The van der Waals surface area contributed by atoms with Crippen LogP contribution in [-0.2, 0) is 5.41 Å². The van der Waals surface area contributed by atoms with Crippen LogP contribution in [0.3, 0.4) is 0 Å².